The summed E-state index contributed by atoms with van der Waals surface area (Å²) in [6.45, 7) is 0. The fraction of sp³-hybridized carbons (Fsp3) is 0. The Morgan fingerprint density at radius 2 is 0.712 bits per heavy atom. The van der Waals surface area contributed by atoms with Crippen LogP contribution in [0.3, 0.4) is 0 Å². The molecule has 0 radical (unpaired) electrons. The molecule has 0 spiro atoms. The molecule has 0 amide bonds. The van der Waals surface area contributed by atoms with Crippen LogP contribution in [0.15, 0.2) is 303 Å². The average molecular weight is 947 g/mol. The maximum absolute atomic E-state index is 2.72. The monoisotopic (exact) mass is 946 g/mol. The third kappa shape index (κ3) is 7.84. The predicted octanol–water partition coefficient (Wildman–Crippen LogP) is 15.8. The number of fused-ring (bicyclic) bond motifs is 4. The van der Waals surface area contributed by atoms with Gasteiger partial charge in [-0.25, -0.2) is 0 Å². The van der Waals surface area contributed by atoms with Crippen molar-refractivity contribution >= 4 is 78.5 Å². The van der Waals surface area contributed by atoms with Crippen molar-refractivity contribution in [1.29, 1.82) is 0 Å². The minimum atomic E-state index is -2.72. The number of hydrogen-bond donors (Lipinski definition) is 0. The second-order valence-corrected chi connectivity index (χ2v) is 22.7. The van der Waals surface area contributed by atoms with E-state index in [1.54, 1.807) is 0 Å². The zero-order valence-electron chi connectivity index (χ0n) is 40.3. The van der Waals surface area contributed by atoms with Crippen LogP contribution in [0.2, 0.25) is 0 Å². The lowest BCUT2D eigenvalue weighted by molar-refractivity contribution is 1.18. The summed E-state index contributed by atoms with van der Waals surface area (Å²) in [5.41, 5.74) is 13.9. The van der Waals surface area contributed by atoms with E-state index < -0.39 is 8.07 Å². The van der Waals surface area contributed by atoms with Crippen LogP contribution in [-0.2, 0) is 0 Å². The van der Waals surface area contributed by atoms with Gasteiger partial charge >= 0.3 is 0 Å². The molecule has 0 saturated carbocycles. The largest absolute Gasteiger partial charge is 0.310 e. The van der Waals surface area contributed by atoms with Crippen molar-refractivity contribution in [2.75, 3.05) is 4.90 Å². The molecule has 0 aliphatic carbocycles. The second-order valence-electron chi connectivity index (χ2n) is 18.9. The Balaban J connectivity index is 0.940. The highest BCUT2D eigenvalue weighted by molar-refractivity contribution is 7.19. The lowest BCUT2D eigenvalue weighted by atomic mass is 9.97. The Morgan fingerprint density at radius 3 is 1.33 bits per heavy atom. The highest BCUT2D eigenvalue weighted by Gasteiger charge is 2.41. The molecule has 344 valence electrons. The van der Waals surface area contributed by atoms with Crippen molar-refractivity contribution in [3.63, 3.8) is 0 Å². The van der Waals surface area contributed by atoms with E-state index in [0.29, 0.717) is 0 Å². The summed E-state index contributed by atoms with van der Waals surface area (Å²) in [6, 6.07) is 112. The van der Waals surface area contributed by atoms with Gasteiger partial charge in [0, 0.05) is 27.8 Å². The molecule has 0 N–H and O–H groups in total. The lowest BCUT2D eigenvalue weighted by Gasteiger charge is -2.34. The number of aromatic nitrogens is 1. The van der Waals surface area contributed by atoms with Gasteiger partial charge in [0.15, 0.2) is 8.07 Å². The Labute approximate surface area is 428 Å². The maximum Gasteiger partial charge on any atom is 0.179 e. The highest BCUT2D eigenvalue weighted by Crippen LogP contribution is 2.44. The molecule has 1 heterocycles. The van der Waals surface area contributed by atoms with Gasteiger partial charge in [0.1, 0.15) is 0 Å². The summed E-state index contributed by atoms with van der Waals surface area (Å²) >= 11 is 0. The van der Waals surface area contributed by atoms with E-state index in [0.717, 1.165) is 28.3 Å². The van der Waals surface area contributed by atoms with Crippen LogP contribution in [0.25, 0.3) is 71.6 Å². The molecular weight excluding hydrogens is 897 g/mol. The third-order valence-corrected chi connectivity index (χ3v) is 19.5. The molecule has 0 atom stereocenters. The van der Waals surface area contributed by atoms with Gasteiger partial charge in [-0.15, -0.1) is 0 Å². The molecule has 3 heteroatoms. The number of nitrogens with zero attached hydrogens (tertiary/aromatic N) is 2. The van der Waals surface area contributed by atoms with E-state index in [4.69, 9.17) is 0 Å². The predicted molar refractivity (Wildman–Crippen MR) is 313 cm³/mol. The molecule has 0 unspecified atom stereocenters. The summed E-state index contributed by atoms with van der Waals surface area (Å²) in [5.74, 6) is 0. The molecule has 0 aliphatic heterocycles. The second kappa shape index (κ2) is 18.8. The molecule has 0 fully saturated rings. The standard InChI is InChI=1S/C70H50N2Si/c1-5-25-59(26-6-1)72-67-35-16-15-34-66(67)70-68(36-19-37-69(70)72)71(60-44-40-52(41-45-60)55-22-17-23-56(48-55)58-39-38-51-20-13-14-21-54(51)49-58)61-46-42-53(43-47-61)57-24-18-33-65(50-57)73(62-27-7-2-8-28-62,63-29-9-3-10-30-63)64-31-11-4-12-32-64/h1-50H. The summed E-state index contributed by atoms with van der Waals surface area (Å²) in [4.78, 5) is 2.44. The van der Waals surface area contributed by atoms with Crippen LogP contribution in [-0.4, -0.2) is 12.6 Å². The minimum Gasteiger partial charge on any atom is -0.310 e. The van der Waals surface area contributed by atoms with Crippen LogP contribution in [0, 0.1) is 0 Å². The van der Waals surface area contributed by atoms with E-state index in [9.17, 15) is 0 Å². The smallest absolute Gasteiger partial charge is 0.179 e. The molecule has 0 saturated heterocycles. The molecular formula is C70H50N2Si. The van der Waals surface area contributed by atoms with Crippen LogP contribution >= 0.6 is 0 Å². The summed E-state index contributed by atoms with van der Waals surface area (Å²) < 4.78 is 2.40. The lowest BCUT2D eigenvalue weighted by Crippen LogP contribution is -2.74. The molecule has 2 nitrogen and oxygen atoms in total. The van der Waals surface area contributed by atoms with Gasteiger partial charge in [-0.3, -0.25) is 0 Å². The minimum absolute atomic E-state index is 1.08. The summed E-state index contributed by atoms with van der Waals surface area (Å²) in [6.07, 6.45) is 0. The first-order valence-electron chi connectivity index (χ1n) is 25.2. The Hall–Kier alpha value is -9.28. The van der Waals surface area contributed by atoms with Crippen molar-refractivity contribution in [2.24, 2.45) is 0 Å². The van der Waals surface area contributed by atoms with E-state index >= 15 is 0 Å². The van der Waals surface area contributed by atoms with E-state index in [2.05, 4.69) is 313 Å². The quantitative estimate of drug-likeness (QED) is 0.0926. The molecule has 12 aromatic carbocycles. The van der Waals surface area contributed by atoms with E-state index in [-0.39, 0.29) is 0 Å². The first kappa shape index (κ1) is 43.7. The van der Waals surface area contributed by atoms with Crippen LogP contribution in [0.4, 0.5) is 17.1 Å². The number of anilines is 3. The molecule has 13 aromatic rings. The molecule has 1 aromatic heterocycles. The fourth-order valence-electron chi connectivity index (χ4n) is 11.3. The number of para-hydroxylation sites is 2. The van der Waals surface area contributed by atoms with Crippen molar-refractivity contribution in [3.8, 4) is 39.1 Å². The fourth-order valence-corrected chi connectivity index (χ4v) is 16.1. The van der Waals surface area contributed by atoms with Gasteiger partial charge in [0.2, 0.25) is 0 Å². The van der Waals surface area contributed by atoms with Crippen LogP contribution in [0.5, 0.6) is 0 Å². The first-order valence-corrected chi connectivity index (χ1v) is 27.2. The Bertz CT molecular complexity index is 3960. The molecule has 0 aliphatic rings. The first-order chi connectivity index (χ1) is 36.2. The summed E-state index contributed by atoms with van der Waals surface area (Å²) in [5, 5.41) is 10.3. The SMILES string of the molecule is c1ccc(-n2c3ccccc3c3c(N(c4ccc(-c5cccc(-c6ccc7ccccc7c6)c5)cc4)c4ccc(-c5cccc([Si](c6ccccc6)(c6ccccc6)c6ccccc6)c5)cc4)cccc32)cc1. The zero-order chi connectivity index (χ0) is 48.6. The van der Waals surface area contributed by atoms with E-state index in [1.165, 1.54) is 81.2 Å². The molecule has 73 heavy (non-hydrogen) atoms. The number of benzene rings is 12. The van der Waals surface area contributed by atoms with Gasteiger partial charge in [0.05, 0.1) is 16.7 Å². The Kier molecular flexibility index (Phi) is 11.3. The average Bonchev–Trinajstić information content (AvgIpc) is 3.82. The van der Waals surface area contributed by atoms with Crippen molar-refractivity contribution in [1.82, 2.24) is 4.57 Å². The van der Waals surface area contributed by atoms with Crippen LogP contribution in [0.1, 0.15) is 0 Å². The summed E-state index contributed by atoms with van der Waals surface area (Å²) in [7, 11) is -2.72. The normalized spacial score (nSPS) is 11.6. The van der Waals surface area contributed by atoms with Crippen molar-refractivity contribution in [2.45, 2.75) is 0 Å². The van der Waals surface area contributed by atoms with Crippen molar-refractivity contribution < 1.29 is 0 Å². The molecule has 13 rings (SSSR count). The van der Waals surface area contributed by atoms with Crippen LogP contribution < -0.4 is 25.6 Å². The maximum atomic E-state index is 2.46. The molecule has 0 bridgehead atoms. The van der Waals surface area contributed by atoms with Gasteiger partial charge in [-0.1, -0.05) is 237 Å². The van der Waals surface area contributed by atoms with E-state index in [1.807, 2.05) is 0 Å². The highest BCUT2D eigenvalue weighted by atomic mass is 28.3. The number of hydrogen-bond acceptors (Lipinski definition) is 1. The topological polar surface area (TPSA) is 8.17 Å². The van der Waals surface area contributed by atoms with Gasteiger partial charge in [-0.2, -0.15) is 0 Å². The third-order valence-electron chi connectivity index (χ3n) is 14.7. The van der Waals surface area contributed by atoms with Gasteiger partial charge < -0.3 is 9.47 Å². The van der Waals surface area contributed by atoms with Crippen molar-refractivity contribution in [3.05, 3.63) is 303 Å². The Morgan fingerprint density at radius 1 is 0.274 bits per heavy atom. The van der Waals surface area contributed by atoms with Gasteiger partial charge in [-0.05, 0) is 132 Å². The zero-order valence-corrected chi connectivity index (χ0v) is 41.3. The van der Waals surface area contributed by atoms with Gasteiger partial charge in [0.25, 0.3) is 0 Å². The number of rotatable bonds is 11.